The van der Waals surface area contributed by atoms with Gasteiger partial charge in [-0.05, 0) is 20.0 Å². The highest BCUT2D eigenvalue weighted by atomic mass is 32.1. The van der Waals surface area contributed by atoms with Gasteiger partial charge >= 0.3 is 0 Å². The first-order chi connectivity index (χ1) is 9.15. The first-order valence-corrected chi connectivity index (χ1v) is 7.67. The van der Waals surface area contributed by atoms with E-state index >= 15 is 0 Å². The van der Waals surface area contributed by atoms with Gasteiger partial charge in [0.15, 0.2) is 0 Å². The molecule has 2 N–H and O–H groups in total. The zero-order valence-corrected chi connectivity index (χ0v) is 12.4. The van der Waals surface area contributed by atoms with Gasteiger partial charge in [0.1, 0.15) is 5.69 Å². The molecule has 1 aromatic rings. The smallest absolute Gasteiger partial charge is 0.273 e. The van der Waals surface area contributed by atoms with Gasteiger partial charge in [0.05, 0.1) is 5.01 Å². The van der Waals surface area contributed by atoms with Gasteiger partial charge in [-0.25, -0.2) is 4.98 Å². The summed E-state index contributed by atoms with van der Waals surface area (Å²) < 4.78 is 0. The Labute approximate surface area is 118 Å². The van der Waals surface area contributed by atoms with Crippen LogP contribution < -0.4 is 5.73 Å². The summed E-state index contributed by atoms with van der Waals surface area (Å²) in [5.74, 6) is 0.0612. The van der Waals surface area contributed by atoms with Crippen molar-refractivity contribution in [3.8, 4) is 0 Å². The Kier molecular flexibility index (Phi) is 4.90. The Bertz CT molecular complexity index is 434. The average molecular weight is 282 g/mol. The Morgan fingerprint density at radius 2 is 2.37 bits per heavy atom. The predicted octanol–water partition coefficient (Wildman–Crippen LogP) is 0.811. The number of nitrogens with two attached hydrogens (primary N) is 1. The molecule has 0 bridgehead atoms. The summed E-state index contributed by atoms with van der Waals surface area (Å²) in [5.41, 5.74) is 6.08. The maximum atomic E-state index is 12.4. The van der Waals surface area contributed by atoms with E-state index < -0.39 is 0 Å². The fourth-order valence-corrected chi connectivity index (χ4v) is 3.17. The Morgan fingerprint density at radius 1 is 1.58 bits per heavy atom. The number of carbonyl (C=O) groups is 1. The van der Waals surface area contributed by atoms with Crippen molar-refractivity contribution >= 4 is 17.2 Å². The van der Waals surface area contributed by atoms with Gasteiger partial charge in [0.2, 0.25) is 0 Å². The maximum Gasteiger partial charge on any atom is 0.273 e. The molecule has 1 atom stereocenters. The second kappa shape index (κ2) is 6.45. The molecule has 19 heavy (non-hydrogen) atoms. The van der Waals surface area contributed by atoms with Crippen LogP contribution in [0.1, 0.15) is 28.8 Å². The quantitative estimate of drug-likeness (QED) is 0.888. The summed E-state index contributed by atoms with van der Waals surface area (Å²) in [5, 5.41) is 2.80. The van der Waals surface area contributed by atoms with E-state index in [9.17, 15) is 4.79 Å². The third-order valence-corrected chi connectivity index (χ3v) is 4.57. The van der Waals surface area contributed by atoms with E-state index in [1.807, 2.05) is 10.3 Å². The van der Waals surface area contributed by atoms with Crippen molar-refractivity contribution in [2.45, 2.75) is 25.8 Å². The van der Waals surface area contributed by atoms with Crippen molar-refractivity contribution in [3.63, 3.8) is 0 Å². The van der Waals surface area contributed by atoms with Crippen molar-refractivity contribution in [1.29, 1.82) is 0 Å². The van der Waals surface area contributed by atoms with E-state index in [-0.39, 0.29) is 5.91 Å². The van der Waals surface area contributed by atoms with Gasteiger partial charge in [-0.3, -0.25) is 9.69 Å². The SMILES string of the molecule is CCC1CN(C(=O)c2csc(CCN)n2)CCN1C. The third-order valence-electron chi connectivity index (χ3n) is 3.66. The molecular weight excluding hydrogens is 260 g/mol. The number of aromatic nitrogens is 1. The molecule has 0 aliphatic carbocycles. The molecule has 1 amide bonds. The van der Waals surface area contributed by atoms with Crippen LogP contribution in [0.3, 0.4) is 0 Å². The normalized spacial score (nSPS) is 20.8. The lowest BCUT2D eigenvalue weighted by Gasteiger charge is -2.38. The number of rotatable bonds is 4. The van der Waals surface area contributed by atoms with Crippen LogP contribution in [0.25, 0.3) is 0 Å². The minimum atomic E-state index is 0.0612. The van der Waals surface area contributed by atoms with Crippen molar-refractivity contribution in [2.75, 3.05) is 33.2 Å². The lowest BCUT2D eigenvalue weighted by Crippen LogP contribution is -2.53. The van der Waals surface area contributed by atoms with E-state index in [1.54, 1.807) is 0 Å². The summed E-state index contributed by atoms with van der Waals surface area (Å²) in [7, 11) is 2.12. The predicted molar refractivity (Wildman–Crippen MR) is 77.5 cm³/mol. The highest BCUT2D eigenvalue weighted by Crippen LogP contribution is 2.16. The number of hydrogen-bond donors (Lipinski definition) is 1. The van der Waals surface area contributed by atoms with Gasteiger partial charge in [0.25, 0.3) is 5.91 Å². The number of amides is 1. The summed E-state index contributed by atoms with van der Waals surface area (Å²) in [6.07, 6.45) is 1.81. The van der Waals surface area contributed by atoms with Crippen LogP contribution >= 0.6 is 11.3 Å². The van der Waals surface area contributed by atoms with E-state index in [1.165, 1.54) is 11.3 Å². The van der Waals surface area contributed by atoms with Gasteiger partial charge in [-0.2, -0.15) is 0 Å². The number of likely N-dealkylation sites (N-methyl/N-ethyl adjacent to an activating group) is 1. The average Bonchev–Trinajstić information content (AvgIpc) is 2.87. The molecule has 0 radical (unpaired) electrons. The summed E-state index contributed by atoms with van der Waals surface area (Å²) in [6, 6.07) is 0.458. The first kappa shape index (κ1) is 14.4. The van der Waals surface area contributed by atoms with Crippen molar-refractivity contribution in [2.24, 2.45) is 5.73 Å². The standard InChI is InChI=1S/C13H22N4OS/c1-3-10-8-17(7-6-16(10)2)13(18)11-9-19-12(15-11)4-5-14/h9-10H,3-8,14H2,1-2H3. The molecule has 5 nitrogen and oxygen atoms in total. The molecule has 0 spiro atoms. The lowest BCUT2D eigenvalue weighted by atomic mass is 10.1. The van der Waals surface area contributed by atoms with Crippen LogP contribution in [0.15, 0.2) is 5.38 Å². The highest BCUT2D eigenvalue weighted by molar-refractivity contribution is 7.09. The zero-order chi connectivity index (χ0) is 13.8. The van der Waals surface area contributed by atoms with Crippen LogP contribution in [-0.4, -0.2) is 60.0 Å². The number of nitrogens with zero attached hydrogens (tertiary/aromatic N) is 3. The minimum Gasteiger partial charge on any atom is -0.334 e. The largest absolute Gasteiger partial charge is 0.334 e. The van der Waals surface area contributed by atoms with Crippen molar-refractivity contribution in [1.82, 2.24) is 14.8 Å². The number of piperazine rings is 1. The number of carbonyl (C=O) groups excluding carboxylic acids is 1. The zero-order valence-electron chi connectivity index (χ0n) is 11.6. The molecule has 106 valence electrons. The highest BCUT2D eigenvalue weighted by Gasteiger charge is 2.27. The van der Waals surface area contributed by atoms with E-state index in [0.717, 1.165) is 37.5 Å². The summed E-state index contributed by atoms with van der Waals surface area (Å²) >= 11 is 1.52. The van der Waals surface area contributed by atoms with Crippen LogP contribution in [0.2, 0.25) is 0 Å². The molecular formula is C13H22N4OS. The van der Waals surface area contributed by atoms with E-state index in [0.29, 0.717) is 18.3 Å². The van der Waals surface area contributed by atoms with Gasteiger partial charge in [-0.15, -0.1) is 11.3 Å². The van der Waals surface area contributed by atoms with Crippen molar-refractivity contribution < 1.29 is 4.79 Å². The van der Waals surface area contributed by atoms with E-state index in [2.05, 4.69) is 23.9 Å². The first-order valence-electron chi connectivity index (χ1n) is 6.79. The van der Waals surface area contributed by atoms with Crippen LogP contribution in [0.4, 0.5) is 0 Å². The monoisotopic (exact) mass is 282 g/mol. The molecule has 1 fully saturated rings. The summed E-state index contributed by atoms with van der Waals surface area (Å²) in [4.78, 5) is 21.0. The molecule has 2 heterocycles. The molecule has 6 heteroatoms. The Hall–Kier alpha value is -0.980. The van der Waals surface area contributed by atoms with Crippen LogP contribution in [0.5, 0.6) is 0 Å². The van der Waals surface area contributed by atoms with Gasteiger partial charge in [-0.1, -0.05) is 6.92 Å². The molecule has 1 aliphatic rings. The second-order valence-corrected chi connectivity index (χ2v) is 5.90. The Morgan fingerprint density at radius 3 is 3.05 bits per heavy atom. The van der Waals surface area contributed by atoms with Crippen LogP contribution in [0, 0.1) is 0 Å². The molecule has 1 aliphatic heterocycles. The molecule has 1 aromatic heterocycles. The molecule has 2 rings (SSSR count). The molecule has 0 saturated carbocycles. The fraction of sp³-hybridized carbons (Fsp3) is 0.692. The van der Waals surface area contributed by atoms with Gasteiger partial charge in [0, 0.05) is 37.5 Å². The van der Waals surface area contributed by atoms with Crippen molar-refractivity contribution in [3.05, 3.63) is 16.1 Å². The maximum absolute atomic E-state index is 12.4. The number of thiazole rings is 1. The Balaban J connectivity index is 2.02. The minimum absolute atomic E-state index is 0.0612. The number of hydrogen-bond acceptors (Lipinski definition) is 5. The third kappa shape index (κ3) is 3.32. The molecule has 1 saturated heterocycles. The van der Waals surface area contributed by atoms with Crippen LogP contribution in [-0.2, 0) is 6.42 Å². The van der Waals surface area contributed by atoms with E-state index in [4.69, 9.17) is 5.73 Å². The fourth-order valence-electron chi connectivity index (χ4n) is 2.38. The van der Waals surface area contributed by atoms with Gasteiger partial charge < -0.3 is 10.6 Å². The summed E-state index contributed by atoms with van der Waals surface area (Å²) in [6.45, 7) is 5.26. The topological polar surface area (TPSA) is 62.5 Å². The second-order valence-electron chi connectivity index (χ2n) is 4.96. The molecule has 1 unspecified atom stereocenters. The molecule has 0 aromatic carbocycles. The lowest BCUT2D eigenvalue weighted by molar-refractivity contribution is 0.0537.